The van der Waals surface area contributed by atoms with E-state index in [0.717, 1.165) is 18.9 Å². The van der Waals surface area contributed by atoms with Gasteiger partial charge in [-0.3, -0.25) is 0 Å². The first-order valence-electron chi connectivity index (χ1n) is 6.06. The van der Waals surface area contributed by atoms with Crippen molar-refractivity contribution in [3.8, 4) is 0 Å². The van der Waals surface area contributed by atoms with Crippen LogP contribution in [0.25, 0.3) is 0 Å². The Morgan fingerprint density at radius 3 is 2.57 bits per heavy atom. The minimum absolute atomic E-state index is 0.176. The minimum Gasteiger partial charge on any atom is -0.396 e. The van der Waals surface area contributed by atoms with Gasteiger partial charge >= 0.3 is 0 Å². The zero-order valence-corrected chi connectivity index (χ0v) is 9.68. The molecule has 1 unspecified atom stereocenters. The summed E-state index contributed by atoms with van der Waals surface area (Å²) in [4.78, 5) is 0. The third-order valence-electron chi connectivity index (χ3n) is 3.43. The molecule has 2 N–H and O–H groups in total. The van der Waals surface area contributed by atoms with E-state index in [4.69, 9.17) is 5.11 Å². The molecule has 1 fully saturated rings. The van der Waals surface area contributed by atoms with Gasteiger partial charge < -0.3 is 10.4 Å². The van der Waals surface area contributed by atoms with Gasteiger partial charge in [0.15, 0.2) is 0 Å². The second-order valence-corrected chi connectivity index (χ2v) is 4.96. The summed E-state index contributed by atoms with van der Waals surface area (Å²) in [5.74, 6) is 0.913. The summed E-state index contributed by atoms with van der Waals surface area (Å²) < 4.78 is 0. The van der Waals surface area contributed by atoms with Crippen molar-refractivity contribution in [2.75, 3.05) is 13.2 Å². The maximum absolute atomic E-state index is 9.06. The lowest BCUT2D eigenvalue weighted by Crippen LogP contribution is -2.45. The molecule has 14 heavy (non-hydrogen) atoms. The average Bonchev–Trinajstić information content (AvgIpc) is 2.09. The highest BCUT2D eigenvalue weighted by atomic mass is 16.3. The quantitative estimate of drug-likeness (QED) is 0.659. The van der Waals surface area contributed by atoms with Crippen molar-refractivity contribution in [2.45, 2.75) is 57.9 Å². The van der Waals surface area contributed by atoms with Crippen LogP contribution in [0, 0.1) is 5.92 Å². The molecular formula is C12H25NO. The van der Waals surface area contributed by atoms with E-state index < -0.39 is 0 Å². The summed E-state index contributed by atoms with van der Waals surface area (Å²) in [6, 6.07) is 0. The Morgan fingerprint density at radius 1 is 1.43 bits per heavy atom. The molecule has 0 saturated heterocycles. The van der Waals surface area contributed by atoms with Gasteiger partial charge in [-0.15, -0.1) is 0 Å². The molecule has 2 nitrogen and oxygen atoms in total. The molecule has 1 rings (SSSR count). The smallest absolute Gasteiger partial charge is 0.0448 e. The van der Waals surface area contributed by atoms with Gasteiger partial charge in [-0.2, -0.15) is 0 Å². The van der Waals surface area contributed by atoms with Crippen molar-refractivity contribution in [1.82, 2.24) is 5.32 Å². The Hall–Kier alpha value is -0.0800. The molecule has 1 aliphatic rings. The molecule has 2 heteroatoms. The van der Waals surface area contributed by atoms with Gasteiger partial charge in [-0.05, 0) is 38.6 Å². The molecule has 0 aromatic heterocycles. The topological polar surface area (TPSA) is 32.3 Å². The van der Waals surface area contributed by atoms with Crippen LogP contribution in [0.5, 0.6) is 0 Å². The van der Waals surface area contributed by atoms with Gasteiger partial charge in [0.2, 0.25) is 0 Å². The van der Waals surface area contributed by atoms with Gasteiger partial charge in [0.25, 0.3) is 0 Å². The molecule has 1 saturated carbocycles. The normalized spacial score (nSPS) is 21.6. The van der Waals surface area contributed by atoms with Crippen LogP contribution in [0.3, 0.4) is 0 Å². The Balaban J connectivity index is 2.33. The fraction of sp³-hybridized carbons (Fsp3) is 1.00. The van der Waals surface area contributed by atoms with Crippen LogP contribution in [0.4, 0.5) is 0 Å². The van der Waals surface area contributed by atoms with E-state index in [1.807, 2.05) is 0 Å². The van der Waals surface area contributed by atoms with E-state index >= 15 is 0 Å². The van der Waals surface area contributed by atoms with Crippen molar-refractivity contribution in [3.63, 3.8) is 0 Å². The van der Waals surface area contributed by atoms with E-state index in [-0.39, 0.29) is 5.54 Å². The Kier molecular flexibility index (Phi) is 4.90. The van der Waals surface area contributed by atoms with Crippen LogP contribution in [0.2, 0.25) is 0 Å². The fourth-order valence-electron chi connectivity index (χ4n) is 2.27. The van der Waals surface area contributed by atoms with Crippen molar-refractivity contribution < 1.29 is 5.11 Å². The van der Waals surface area contributed by atoms with E-state index in [1.54, 1.807) is 0 Å². The first kappa shape index (κ1) is 12.0. The highest BCUT2D eigenvalue weighted by molar-refractivity contribution is 4.87. The van der Waals surface area contributed by atoms with E-state index in [1.165, 1.54) is 32.1 Å². The molecule has 0 bridgehead atoms. The monoisotopic (exact) mass is 199 g/mol. The maximum atomic E-state index is 9.06. The highest BCUT2D eigenvalue weighted by Gasteiger charge is 2.29. The summed E-state index contributed by atoms with van der Waals surface area (Å²) in [7, 11) is 0. The van der Waals surface area contributed by atoms with Crippen molar-refractivity contribution in [1.29, 1.82) is 0 Å². The van der Waals surface area contributed by atoms with Gasteiger partial charge in [0.1, 0.15) is 0 Å². The van der Waals surface area contributed by atoms with E-state index in [9.17, 15) is 0 Å². The number of nitrogens with one attached hydrogen (secondary N) is 1. The Bertz CT molecular complexity index is 156. The number of hydrogen-bond acceptors (Lipinski definition) is 2. The lowest BCUT2D eigenvalue weighted by atomic mass is 9.75. The van der Waals surface area contributed by atoms with Gasteiger partial charge in [0, 0.05) is 12.1 Å². The molecule has 0 aromatic carbocycles. The van der Waals surface area contributed by atoms with Crippen LogP contribution in [-0.2, 0) is 0 Å². The predicted molar refractivity (Wildman–Crippen MR) is 60.4 cm³/mol. The first-order valence-corrected chi connectivity index (χ1v) is 6.06. The number of aliphatic hydroxyl groups excluding tert-OH is 1. The number of aliphatic hydroxyl groups is 1. The molecule has 1 atom stereocenters. The fourth-order valence-corrected chi connectivity index (χ4v) is 2.27. The number of hydrogen-bond donors (Lipinski definition) is 2. The first-order chi connectivity index (χ1) is 6.70. The van der Waals surface area contributed by atoms with Crippen LogP contribution in [0.15, 0.2) is 0 Å². The zero-order valence-electron chi connectivity index (χ0n) is 9.68. The van der Waals surface area contributed by atoms with Gasteiger partial charge in [-0.1, -0.05) is 26.2 Å². The third-order valence-corrected chi connectivity index (χ3v) is 3.43. The van der Waals surface area contributed by atoms with Crippen molar-refractivity contribution in [3.05, 3.63) is 0 Å². The van der Waals surface area contributed by atoms with Crippen LogP contribution in [0.1, 0.15) is 52.4 Å². The second kappa shape index (κ2) is 5.72. The van der Waals surface area contributed by atoms with Crippen LogP contribution < -0.4 is 5.32 Å². The SMILES string of the molecule is CCCNC(C)(CCO)CC1CCC1. The molecule has 0 radical (unpaired) electrons. The molecule has 0 heterocycles. The molecule has 84 valence electrons. The van der Waals surface area contributed by atoms with Crippen molar-refractivity contribution >= 4 is 0 Å². The van der Waals surface area contributed by atoms with E-state index in [0.29, 0.717) is 6.61 Å². The molecule has 0 aliphatic heterocycles. The average molecular weight is 199 g/mol. The lowest BCUT2D eigenvalue weighted by molar-refractivity contribution is 0.161. The second-order valence-electron chi connectivity index (χ2n) is 4.96. The minimum atomic E-state index is 0.176. The third kappa shape index (κ3) is 3.58. The lowest BCUT2D eigenvalue weighted by Gasteiger charge is -2.37. The zero-order chi connectivity index (χ0) is 10.4. The molecular weight excluding hydrogens is 174 g/mol. The predicted octanol–water partition coefficient (Wildman–Crippen LogP) is 2.32. The summed E-state index contributed by atoms with van der Waals surface area (Å²) in [6.45, 7) is 5.83. The van der Waals surface area contributed by atoms with Crippen LogP contribution >= 0.6 is 0 Å². The molecule has 1 aliphatic carbocycles. The largest absolute Gasteiger partial charge is 0.396 e. The maximum Gasteiger partial charge on any atom is 0.0448 e. The van der Waals surface area contributed by atoms with Crippen molar-refractivity contribution in [2.24, 2.45) is 5.92 Å². The Labute approximate surface area is 88.1 Å². The standard InChI is InChI=1S/C12H25NO/c1-3-8-13-12(2,7-9-14)10-11-5-4-6-11/h11,13-14H,3-10H2,1-2H3. The van der Waals surface area contributed by atoms with E-state index in [2.05, 4.69) is 19.2 Å². The molecule has 0 amide bonds. The molecule has 0 spiro atoms. The summed E-state index contributed by atoms with van der Waals surface area (Å²) in [5, 5.41) is 12.7. The summed E-state index contributed by atoms with van der Waals surface area (Å²) in [5.41, 5.74) is 0.176. The molecule has 0 aromatic rings. The summed E-state index contributed by atoms with van der Waals surface area (Å²) >= 11 is 0. The summed E-state index contributed by atoms with van der Waals surface area (Å²) in [6.07, 6.45) is 7.51. The van der Waals surface area contributed by atoms with Gasteiger partial charge in [-0.25, -0.2) is 0 Å². The number of rotatable bonds is 7. The Morgan fingerprint density at radius 2 is 2.14 bits per heavy atom. The highest BCUT2D eigenvalue weighted by Crippen LogP contribution is 2.34. The van der Waals surface area contributed by atoms with Crippen LogP contribution in [-0.4, -0.2) is 23.8 Å². The van der Waals surface area contributed by atoms with Gasteiger partial charge in [0.05, 0.1) is 0 Å².